The fourth-order valence-corrected chi connectivity index (χ4v) is 2.02. The van der Waals surface area contributed by atoms with Crippen LogP contribution in [0.15, 0.2) is 23.1 Å². The van der Waals surface area contributed by atoms with Crippen molar-refractivity contribution in [3.8, 4) is 5.75 Å². The molecule has 4 heteroatoms. The SMILES string of the molecule is COc1ccc(C(C)C(=O)O)c(SC)c1. The minimum Gasteiger partial charge on any atom is -0.497 e. The van der Waals surface area contributed by atoms with Crippen molar-refractivity contribution < 1.29 is 14.6 Å². The Balaban J connectivity index is 3.12. The number of carboxylic acids is 1. The lowest BCUT2D eigenvalue weighted by Crippen LogP contribution is -2.08. The Morgan fingerprint density at radius 2 is 2.20 bits per heavy atom. The molecule has 0 radical (unpaired) electrons. The van der Waals surface area contributed by atoms with Crippen molar-refractivity contribution >= 4 is 17.7 Å². The molecule has 0 aliphatic rings. The van der Waals surface area contributed by atoms with E-state index >= 15 is 0 Å². The van der Waals surface area contributed by atoms with Gasteiger partial charge in [0.2, 0.25) is 0 Å². The summed E-state index contributed by atoms with van der Waals surface area (Å²) in [5, 5.41) is 8.94. The van der Waals surface area contributed by atoms with Crippen molar-refractivity contribution in [1.82, 2.24) is 0 Å². The highest BCUT2D eigenvalue weighted by molar-refractivity contribution is 7.98. The largest absolute Gasteiger partial charge is 0.497 e. The maximum atomic E-state index is 10.9. The van der Waals surface area contributed by atoms with E-state index in [1.54, 1.807) is 20.1 Å². The van der Waals surface area contributed by atoms with Crippen molar-refractivity contribution in [3.63, 3.8) is 0 Å². The summed E-state index contributed by atoms with van der Waals surface area (Å²) in [6, 6.07) is 5.46. The second-order valence-corrected chi connectivity index (χ2v) is 4.02. The third-order valence-corrected chi connectivity index (χ3v) is 3.07. The van der Waals surface area contributed by atoms with E-state index in [1.807, 2.05) is 18.4 Å². The van der Waals surface area contributed by atoms with Crippen LogP contribution in [0.5, 0.6) is 5.75 Å². The molecule has 1 N–H and O–H groups in total. The lowest BCUT2D eigenvalue weighted by atomic mass is 10.0. The molecule has 0 saturated heterocycles. The fourth-order valence-electron chi connectivity index (χ4n) is 1.31. The zero-order valence-corrected chi connectivity index (χ0v) is 9.80. The summed E-state index contributed by atoms with van der Waals surface area (Å²) >= 11 is 1.53. The van der Waals surface area contributed by atoms with Crippen LogP contribution in [-0.2, 0) is 4.79 Å². The Morgan fingerprint density at radius 3 is 2.67 bits per heavy atom. The topological polar surface area (TPSA) is 46.5 Å². The van der Waals surface area contributed by atoms with Gasteiger partial charge in [-0.1, -0.05) is 6.07 Å². The first kappa shape index (κ1) is 11.9. The zero-order valence-electron chi connectivity index (χ0n) is 8.98. The van der Waals surface area contributed by atoms with Gasteiger partial charge in [0.15, 0.2) is 0 Å². The molecule has 1 rings (SSSR count). The summed E-state index contributed by atoms with van der Waals surface area (Å²) in [5.41, 5.74) is 0.829. The first-order chi connectivity index (χ1) is 7.10. The molecule has 0 bridgehead atoms. The van der Waals surface area contributed by atoms with Gasteiger partial charge in [0.05, 0.1) is 13.0 Å². The molecule has 1 unspecified atom stereocenters. The summed E-state index contributed by atoms with van der Waals surface area (Å²) in [6.45, 7) is 1.68. The van der Waals surface area contributed by atoms with Gasteiger partial charge in [-0.3, -0.25) is 4.79 Å². The van der Waals surface area contributed by atoms with Gasteiger partial charge >= 0.3 is 5.97 Å². The molecule has 1 atom stereocenters. The van der Waals surface area contributed by atoms with Crippen molar-refractivity contribution in [2.45, 2.75) is 17.7 Å². The number of carbonyl (C=O) groups is 1. The monoisotopic (exact) mass is 226 g/mol. The predicted molar refractivity (Wildman–Crippen MR) is 60.8 cm³/mol. The predicted octanol–water partition coefficient (Wildman–Crippen LogP) is 2.61. The Morgan fingerprint density at radius 1 is 1.53 bits per heavy atom. The van der Waals surface area contributed by atoms with E-state index < -0.39 is 11.9 Å². The Hall–Kier alpha value is -1.16. The highest BCUT2D eigenvalue weighted by Crippen LogP contribution is 2.30. The lowest BCUT2D eigenvalue weighted by molar-refractivity contribution is -0.138. The maximum Gasteiger partial charge on any atom is 0.310 e. The van der Waals surface area contributed by atoms with Crippen LogP contribution in [0.1, 0.15) is 18.4 Å². The highest BCUT2D eigenvalue weighted by atomic mass is 32.2. The molecule has 0 heterocycles. The number of rotatable bonds is 4. The Labute approximate surface area is 93.4 Å². The second-order valence-electron chi connectivity index (χ2n) is 3.17. The van der Waals surface area contributed by atoms with Crippen LogP contribution in [-0.4, -0.2) is 24.4 Å². The van der Waals surface area contributed by atoms with Gasteiger partial charge in [-0.05, 0) is 30.9 Å². The number of thioether (sulfide) groups is 1. The number of benzene rings is 1. The van der Waals surface area contributed by atoms with Crippen LogP contribution < -0.4 is 4.74 Å². The number of hydrogen-bond donors (Lipinski definition) is 1. The van der Waals surface area contributed by atoms with Gasteiger partial charge in [0.1, 0.15) is 5.75 Å². The first-order valence-electron chi connectivity index (χ1n) is 4.55. The zero-order chi connectivity index (χ0) is 11.4. The van der Waals surface area contributed by atoms with E-state index in [4.69, 9.17) is 9.84 Å². The molecule has 3 nitrogen and oxygen atoms in total. The molecule has 0 fully saturated rings. The van der Waals surface area contributed by atoms with E-state index in [2.05, 4.69) is 0 Å². The molecule has 82 valence electrons. The fraction of sp³-hybridized carbons (Fsp3) is 0.364. The van der Waals surface area contributed by atoms with Crippen LogP contribution in [0.4, 0.5) is 0 Å². The van der Waals surface area contributed by atoms with Gasteiger partial charge in [-0.15, -0.1) is 11.8 Å². The minimum atomic E-state index is -0.810. The van der Waals surface area contributed by atoms with Crippen LogP contribution in [0.3, 0.4) is 0 Å². The van der Waals surface area contributed by atoms with Crippen LogP contribution in [0.2, 0.25) is 0 Å². The second kappa shape index (κ2) is 5.07. The number of aliphatic carboxylic acids is 1. The van der Waals surface area contributed by atoms with Crippen LogP contribution in [0.25, 0.3) is 0 Å². The maximum absolute atomic E-state index is 10.9. The van der Waals surface area contributed by atoms with Gasteiger partial charge in [-0.25, -0.2) is 0 Å². The number of hydrogen-bond acceptors (Lipinski definition) is 3. The highest BCUT2D eigenvalue weighted by Gasteiger charge is 2.17. The molecule has 1 aromatic rings. The Bertz CT molecular complexity index is 363. The number of carboxylic acid groups (broad SMARTS) is 1. The molecule has 0 spiro atoms. The molecule has 1 aromatic carbocycles. The molecule has 15 heavy (non-hydrogen) atoms. The molecule has 0 saturated carbocycles. The molecular weight excluding hydrogens is 212 g/mol. The summed E-state index contributed by atoms with van der Waals surface area (Å²) in [4.78, 5) is 11.8. The average Bonchev–Trinajstić information content (AvgIpc) is 2.27. The molecule has 0 amide bonds. The number of methoxy groups -OCH3 is 1. The molecular formula is C11H14O3S. The standard InChI is InChI=1S/C11H14O3S/c1-7(11(12)13)9-5-4-8(14-2)6-10(9)15-3/h4-7H,1-3H3,(H,12,13). The molecule has 0 aromatic heterocycles. The third-order valence-electron chi connectivity index (χ3n) is 2.28. The summed E-state index contributed by atoms with van der Waals surface area (Å²) in [7, 11) is 1.60. The minimum absolute atomic E-state index is 0.488. The van der Waals surface area contributed by atoms with Gasteiger partial charge in [-0.2, -0.15) is 0 Å². The van der Waals surface area contributed by atoms with Crippen molar-refractivity contribution in [1.29, 1.82) is 0 Å². The van der Waals surface area contributed by atoms with Crippen molar-refractivity contribution in [2.75, 3.05) is 13.4 Å². The molecule has 0 aliphatic carbocycles. The van der Waals surface area contributed by atoms with E-state index in [0.29, 0.717) is 0 Å². The number of ether oxygens (including phenoxy) is 1. The van der Waals surface area contributed by atoms with Gasteiger partial charge in [0.25, 0.3) is 0 Å². The van der Waals surface area contributed by atoms with Gasteiger partial charge < -0.3 is 9.84 Å². The lowest BCUT2D eigenvalue weighted by Gasteiger charge is -2.12. The van der Waals surface area contributed by atoms with Crippen molar-refractivity contribution in [3.05, 3.63) is 23.8 Å². The van der Waals surface area contributed by atoms with E-state index in [9.17, 15) is 4.79 Å². The van der Waals surface area contributed by atoms with E-state index in [1.165, 1.54) is 11.8 Å². The normalized spacial score (nSPS) is 12.2. The summed E-state index contributed by atoms with van der Waals surface area (Å²) < 4.78 is 5.09. The van der Waals surface area contributed by atoms with Crippen LogP contribution >= 0.6 is 11.8 Å². The van der Waals surface area contributed by atoms with Crippen molar-refractivity contribution in [2.24, 2.45) is 0 Å². The van der Waals surface area contributed by atoms with E-state index in [0.717, 1.165) is 16.2 Å². The smallest absolute Gasteiger partial charge is 0.310 e. The first-order valence-corrected chi connectivity index (χ1v) is 5.77. The van der Waals surface area contributed by atoms with E-state index in [-0.39, 0.29) is 0 Å². The summed E-state index contributed by atoms with van der Waals surface area (Å²) in [6.07, 6.45) is 1.92. The third kappa shape index (κ3) is 2.65. The Kier molecular flexibility index (Phi) is 4.03. The van der Waals surface area contributed by atoms with Gasteiger partial charge in [0, 0.05) is 4.90 Å². The summed E-state index contributed by atoms with van der Waals surface area (Å²) in [5.74, 6) is -0.547. The molecule has 0 aliphatic heterocycles. The van der Waals surface area contributed by atoms with Crippen LogP contribution in [0, 0.1) is 0 Å². The average molecular weight is 226 g/mol. The quantitative estimate of drug-likeness (QED) is 0.802.